The first-order valence-electron chi connectivity index (χ1n) is 22.8. The van der Waals surface area contributed by atoms with Crippen LogP contribution in [-0.4, -0.2) is 82.2 Å². The van der Waals surface area contributed by atoms with Gasteiger partial charge in [-0.1, -0.05) is 132 Å². The summed E-state index contributed by atoms with van der Waals surface area (Å²) < 4.78 is 39.6. The Hall–Kier alpha value is -2.59. The Kier molecular flexibility index (Phi) is 33.3. The number of rotatable bonds is 39. The topological polar surface area (TPSA) is 124 Å². The van der Waals surface area contributed by atoms with Gasteiger partial charge in [0.1, 0.15) is 19.8 Å². The number of likely N-dealkylation sites (N-methyl/N-ethyl adjacent to an activating group) is 1. The van der Waals surface area contributed by atoms with Gasteiger partial charge in [0.25, 0.3) is 7.82 Å². The highest BCUT2D eigenvalue weighted by Crippen LogP contribution is 2.38. The second-order valence-electron chi connectivity index (χ2n) is 16.4. The Balaban J connectivity index is 2.38. The van der Waals surface area contributed by atoms with Gasteiger partial charge in [0.2, 0.25) is 0 Å². The molecule has 0 aromatic carbocycles. The quantitative estimate of drug-likeness (QED) is 0.0148. The smallest absolute Gasteiger partial charge is 0.306 e. The highest BCUT2D eigenvalue weighted by molar-refractivity contribution is 7.45. The van der Waals surface area contributed by atoms with Crippen molar-refractivity contribution in [2.75, 3.05) is 47.5 Å². The van der Waals surface area contributed by atoms with Crippen LogP contribution in [0.1, 0.15) is 155 Å². The third-order valence-electron chi connectivity index (χ3n) is 9.62. The monoisotopic (exact) mass is 848 g/mol. The fraction of sp³-hybridized carbons (Fsp3) is 0.708. The second kappa shape index (κ2) is 36.1. The zero-order valence-corrected chi connectivity index (χ0v) is 38.5. The lowest BCUT2D eigenvalue weighted by molar-refractivity contribution is -0.870. The number of phosphoric ester groups is 1. The minimum atomic E-state index is -4.66. The van der Waals surface area contributed by atoms with E-state index < -0.39 is 32.5 Å². The van der Waals surface area contributed by atoms with Crippen molar-refractivity contribution in [3.05, 3.63) is 72.9 Å². The van der Waals surface area contributed by atoms with Gasteiger partial charge in [0, 0.05) is 12.8 Å². The summed E-state index contributed by atoms with van der Waals surface area (Å²) in [6.07, 6.45) is 46.7. The van der Waals surface area contributed by atoms with E-state index in [1.165, 1.54) is 57.8 Å². The van der Waals surface area contributed by atoms with E-state index in [2.05, 4.69) is 80.7 Å². The Morgan fingerprint density at radius 3 is 1.75 bits per heavy atom. The summed E-state index contributed by atoms with van der Waals surface area (Å²) in [7, 11) is 1.08. The van der Waals surface area contributed by atoms with E-state index in [-0.39, 0.29) is 38.3 Å². The van der Waals surface area contributed by atoms with Crippen LogP contribution in [0.5, 0.6) is 0 Å². The van der Waals surface area contributed by atoms with Crippen molar-refractivity contribution < 1.29 is 46.8 Å². The molecule has 4 atom stereocenters. The Bertz CT molecular complexity index is 1300. The Labute approximate surface area is 359 Å². The van der Waals surface area contributed by atoms with Crippen molar-refractivity contribution in [3.63, 3.8) is 0 Å². The van der Waals surface area contributed by atoms with E-state index in [0.29, 0.717) is 30.3 Å². The largest absolute Gasteiger partial charge is 0.756 e. The van der Waals surface area contributed by atoms with Gasteiger partial charge >= 0.3 is 11.9 Å². The van der Waals surface area contributed by atoms with Crippen molar-refractivity contribution in [1.29, 1.82) is 0 Å². The molecule has 1 fully saturated rings. The van der Waals surface area contributed by atoms with Gasteiger partial charge in [0.15, 0.2) is 6.10 Å². The molecular formula is C48H82NO9P. The standard InChI is InChI=1S/C48H82NO9P/c1-6-8-10-12-14-16-18-20-21-22-23-24-26-28-30-32-34-38-48(51)57-44(43-56-59(52,53)55-41-40-49(3,4)5)42-54-47(50)39-35-37-46-45(58-46)36-33-31-29-27-25-19-17-15-13-11-9-7-2/h15,17,20-21,23-25,27-28,30-31,33,44-46H,6-14,16,18-19,22,26,29,32,34-43H2,1-5H3/b17-15-,21-20-,24-23-,27-25-,30-28-,33-31-/t44-,45?,46?/m1/s1. The van der Waals surface area contributed by atoms with Crippen molar-refractivity contribution >= 4 is 19.8 Å². The molecule has 10 nitrogen and oxygen atoms in total. The normalized spacial score (nSPS) is 17.7. The number of carbonyl (C=O) groups is 2. The molecule has 0 aromatic rings. The average Bonchev–Trinajstić information content (AvgIpc) is 3.94. The predicted molar refractivity (Wildman–Crippen MR) is 240 cm³/mol. The molecule has 0 aromatic heterocycles. The van der Waals surface area contributed by atoms with E-state index in [0.717, 1.165) is 51.4 Å². The molecule has 0 N–H and O–H groups in total. The summed E-state index contributed by atoms with van der Waals surface area (Å²) in [5.74, 6) is -0.978. The van der Waals surface area contributed by atoms with Gasteiger partial charge in [0.05, 0.1) is 40.0 Å². The van der Waals surface area contributed by atoms with E-state index in [4.69, 9.17) is 23.3 Å². The fourth-order valence-corrected chi connectivity index (χ4v) is 6.66. The first-order valence-corrected chi connectivity index (χ1v) is 24.2. The molecule has 0 amide bonds. The number of unbranched alkanes of at least 4 members (excludes halogenated alkanes) is 10. The molecule has 1 rings (SSSR count). The third kappa shape index (κ3) is 36.9. The first-order chi connectivity index (χ1) is 28.5. The summed E-state index contributed by atoms with van der Waals surface area (Å²) in [6.45, 7) is 4.03. The highest BCUT2D eigenvalue weighted by Gasteiger charge is 2.36. The Morgan fingerprint density at radius 2 is 1.14 bits per heavy atom. The molecule has 1 heterocycles. The fourth-order valence-electron chi connectivity index (χ4n) is 5.93. The number of nitrogens with zero attached hydrogens (tertiary/aromatic N) is 1. The van der Waals surface area contributed by atoms with Crippen molar-refractivity contribution in [2.24, 2.45) is 0 Å². The number of esters is 2. The first kappa shape index (κ1) is 54.4. The molecule has 59 heavy (non-hydrogen) atoms. The van der Waals surface area contributed by atoms with Crippen LogP contribution in [0, 0.1) is 0 Å². The number of phosphoric acid groups is 1. The van der Waals surface area contributed by atoms with Crippen molar-refractivity contribution in [2.45, 2.75) is 173 Å². The number of carbonyl (C=O) groups excluding carboxylic acids is 2. The van der Waals surface area contributed by atoms with Crippen LogP contribution < -0.4 is 4.89 Å². The van der Waals surface area contributed by atoms with Crippen LogP contribution in [0.3, 0.4) is 0 Å². The van der Waals surface area contributed by atoms with Gasteiger partial charge in [-0.25, -0.2) is 0 Å². The van der Waals surface area contributed by atoms with Crippen LogP contribution in [0.15, 0.2) is 72.9 Å². The number of hydrogen-bond acceptors (Lipinski definition) is 9. The van der Waals surface area contributed by atoms with Gasteiger partial charge in [-0.15, -0.1) is 0 Å². The van der Waals surface area contributed by atoms with Crippen molar-refractivity contribution in [1.82, 2.24) is 0 Å². The zero-order chi connectivity index (χ0) is 43.3. The summed E-state index contributed by atoms with van der Waals surface area (Å²) in [4.78, 5) is 37.7. The van der Waals surface area contributed by atoms with Crippen molar-refractivity contribution in [3.8, 4) is 0 Å². The van der Waals surface area contributed by atoms with Gasteiger partial charge < -0.3 is 32.6 Å². The number of hydrogen-bond donors (Lipinski definition) is 0. The number of allylic oxidation sites excluding steroid dienone is 11. The Morgan fingerprint density at radius 1 is 0.627 bits per heavy atom. The molecule has 338 valence electrons. The van der Waals surface area contributed by atoms with E-state index >= 15 is 0 Å². The molecule has 0 radical (unpaired) electrons. The molecule has 11 heteroatoms. The maximum Gasteiger partial charge on any atom is 0.306 e. The second-order valence-corrected chi connectivity index (χ2v) is 17.9. The summed E-state index contributed by atoms with van der Waals surface area (Å²) in [6, 6.07) is 0. The molecule has 0 saturated carbocycles. The van der Waals surface area contributed by atoms with Crippen LogP contribution in [0.4, 0.5) is 0 Å². The maximum absolute atomic E-state index is 12.7. The lowest BCUT2D eigenvalue weighted by atomic mass is 10.1. The minimum Gasteiger partial charge on any atom is -0.756 e. The molecular weight excluding hydrogens is 765 g/mol. The minimum absolute atomic E-state index is 0.0556. The molecule has 1 aliphatic heterocycles. The predicted octanol–water partition coefficient (Wildman–Crippen LogP) is 11.4. The molecule has 0 aliphatic carbocycles. The zero-order valence-electron chi connectivity index (χ0n) is 37.6. The van der Waals surface area contributed by atoms with Crippen LogP contribution in [-0.2, 0) is 37.4 Å². The number of epoxide rings is 1. The lowest BCUT2D eigenvalue weighted by Crippen LogP contribution is -2.37. The van der Waals surface area contributed by atoms with Gasteiger partial charge in [-0.2, -0.15) is 0 Å². The van der Waals surface area contributed by atoms with E-state index in [1.807, 2.05) is 27.2 Å². The van der Waals surface area contributed by atoms with Gasteiger partial charge in [-0.05, 0) is 83.5 Å². The van der Waals surface area contributed by atoms with Crippen LogP contribution in [0.2, 0.25) is 0 Å². The summed E-state index contributed by atoms with van der Waals surface area (Å²) in [5.41, 5.74) is 0. The number of ether oxygens (including phenoxy) is 3. The molecule has 0 bridgehead atoms. The van der Waals surface area contributed by atoms with Crippen LogP contribution >= 0.6 is 7.82 Å². The van der Waals surface area contributed by atoms with E-state index in [1.54, 1.807) is 0 Å². The summed E-state index contributed by atoms with van der Waals surface area (Å²) in [5, 5.41) is 0. The molecule has 3 unspecified atom stereocenters. The maximum atomic E-state index is 12.7. The average molecular weight is 848 g/mol. The lowest BCUT2D eigenvalue weighted by Gasteiger charge is -2.28. The molecule has 0 spiro atoms. The van der Waals surface area contributed by atoms with Crippen LogP contribution in [0.25, 0.3) is 0 Å². The molecule has 1 saturated heterocycles. The van der Waals surface area contributed by atoms with E-state index in [9.17, 15) is 19.0 Å². The van der Waals surface area contributed by atoms with Gasteiger partial charge in [-0.3, -0.25) is 14.2 Å². The summed E-state index contributed by atoms with van der Waals surface area (Å²) >= 11 is 0. The third-order valence-corrected chi connectivity index (χ3v) is 10.6. The number of quaternary nitrogens is 1. The highest BCUT2D eigenvalue weighted by atomic mass is 31.2. The SMILES string of the molecule is CCCCC/C=C\C/C=C\C/C=C\CC1OC1CCCC(=O)OC[C@H](COP(=O)([O-])OCC[N+](C)(C)C)OC(=O)CCC/C=C\C/C=C\C/C=C\CCCCCCCC. The molecule has 1 aliphatic rings.